The third-order valence-electron chi connectivity index (χ3n) is 4.24. The summed E-state index contributed by atoms with van der Waals surface area (Å²) < 4.78 is 0. The van der Waals surface area contributed by atoms with Crippen molar-refractivity contribution in [1.82, 2.24) is 20.4 Å². The molecule has 112 valence electrons. The number of carbonyl (C=O) groups is 1. The Morgan fingerprint density at radius 1 is 1.50 bits per heavy atom. The number of urea groups is 1. The Balaban J connectivity index is 1.79. The number of carbonyl (C=O) groups excluding carboxylic acids is 1. The monoisotopic (exact) mass is 278 g/mol. The molecule has 2 amide bonds. The molecule has 0 bridgehead atoms. The molecular weight excluding hydrogens is 252 g/mol. The summed E-state index contributed by atoms with van der Waals surface area (Å²) in [7, 11) is 1.83. The first-order chi connectivity index (χ1) is 9.61. The minimum absolute atomic E-state index is 0.0111. The number of rotatable bonds is 6. The highest BCUT2D eigenvalue weighted by Gasteiger charge is 2.20. The maximum absolute atomic E-state index is 12.0. The zero-order chi connectivity index (χ0) is 14.5. The fourth-order valence-electron chi connectivity index (χ4n) is 2.58. The molecule has 2 rings (SSSR count). The first-order valence-corrected chi connectivity index (χ1v) is 7.65. The predicted octanol–water partition coefficient (Wildman–Crippen LogP) is 2.48. The van der Waals surface area contributed by atoms with Gasteiger partial charge in [-0.05, 0) is 37.2 Å². The summed E-state index contributed by atoms with van der Waals surface area (Å²) in [6, 6.07) is -0.0111. The number of fused-ring (bicyclic) bond motifs is 1. The topological polar surface area (TPSA) is 61.0 Å². The number of H-pyrrole nitrogens is 1. The third kappa shape index (κ3) is 3.52. The van der Waals surface area contributed by atoms with Gasteiger partial charge >= 0.3 is 6.03 Å². The average molecular weight is 278 g/mol. The van der Waals surface area contributed by atoms with Crippen molar-refractivity contribution in [2.45, 2.75) is 52.5 Å². The van der Waals surface area contributed by atoms with Crippen LogP contribution in [0.25, 0.3) is 0 Å². The van der Waals surface area contributed by atoms with Crippen molar-refractivity contribution in [3.63, 3.8) is 0 Å². The van der Waals surface area contributed by atoms with Crippen molar-refractivity contribution >= 4 is 6.03 Å². The lowest BCUT2D eigenvalue weighted by atomic mass is 10.1. The quantitative estimate of drug-likeness (QED) is 0.839. The zero-order valence-corrected chi connectivity index (χ0v) is 12.8. The van der Waals surface area contributed by atoms with E-state index in [1.54, 1.807) is 4.90 Å². The molecule has 1 aromatic heterocycles. The summed E-state index contributed by atoms with van der Waals surface area (Å²) in [6.45, 7) is 5.72. The molecule has 1 aromatic rings. The molecular formula is C15H26N4O. The number of hydrogen-bond donors (Lipinski definition) is 2. The van der Waals surface area contributed by atoms with Crippen LogP contribution in [0.4, 0.5) is 4.79 Å². The van der Waals surface area contributed by atoms with Gasteiger partial charge in [-0.3, -0.25) is 5.10 Å². The highest BCUT2D eigenvalue weighted by molar-refractivity contribution is 5.73. The molecule has 5 heteroatoms. The van der Waals surface area contributed by atoms with Crippen LogP contribution in [-0.4, -0.2) is 34.7 Å². The lowest BCUT2D eigenvalue weighted by molar-refractivity contribution is 0.205. The van der Waals surface area contributed by atoms with Crippen LogP contribution in [0.1, 0.15) is 50.1 Å². The van der Waals surface area contributed by atoms with Crippen molar-refractivity contribution in [2.75, 3.05) is 13.6 Å². The second kappa shape index (κ2) is 6.77. The molecule has 5 nitrogen and oxygen atoms in total. The van der Waals surface area contributed by atoms with E-state index in [9.17, 15) is 4.79 Å². The van der Waals surface area contributed by atoms with Gasteiger partial charge in [-0.25, -0.2) is 4.79 Å². The Morgan fingerprint density at radius 3 is 3.05 bits per heavy atom. The summed E-state index contributed by atoms with van der Waals surface area (Å²) in [5.74, 6) is 0.662. The molecule has 2 N–H and O–H groups in total. The molecule has 1 aliphatic rings. The number of nitrogens with one attached hydrogen (secondary N) is 2. The Morgan fingerprint density at radius 2 is 2.30 bits per heavy atom. The smallest absolute Gasteiger partial charge is 0.317 e. The lowest BCUT2D eigenvalue weighted by Gasteiger charge is -2.18. The molecule has 0 saturated heterocycles. The highest BCUT2D eigenvalue weighted by Crippen LogP contribution is 2.23. The van der Waals surface area contributed by atoms with E-state index in [4.69, 9.17) is 0 Å². The first-order valence-electron chi connectivity index (χ1n) is 7.65. The van der Waals surface area contributed by atoms with Crippen molar-refractivity contribution in [3.05, 3.63) is 17.0 Å². The summed E-state index contributed by atoms with van der Waals surface area (Å²) in [5.41, 5.74) is 3.60. The van der Waals surface area contributed by atoms with Gasteiger partial charge in [-0.1, -0.05) is 20.3 Å². The van der Waals surface area contributed by atoms with Gasteiger partial charge in [0.15, 0.2) is 0 Å². The van der Waals surface area contributed by atoms with Gasteiger partial charge in [-0.2, -0.15) is 5.10 Å². The standard InChI is InChI=1S/C15H26N4O/c1-4-11(2)8-9-16-15(20)19(3)10-14-12-6-5-7-13(12)17-18-14/h11H,4-10H2,1-3H3,(H,16,20)(H,17,18)/t11-/m0/s1. The summed E-state index contributed by atoms with van der Waals surface area (Å²) >= 11 is 0. The van der Waals surface area contributed by atoms with Gasteiger partial charge in [0.2, 0.25) is 0 Å². The van der Waals surface area contributed by atoms with Crippen LogP contribution in [-0.2, 0) is 19.4 Å². The third-order valence-corrected chi connectivity index (χ3v) is 4.24. The molecule has 1 atom stereocenters. The van der Waals surface area contributed by atoms with Gasteiger partial charge in [0.05, 0.1) is 12.2 Å². The van der Waals surface area contributed by atoms with Crippen molar-refractivity contribution in [1.29, 1.82) is 0 Å². The molecule has 0 fully saturated rings. The van der Waals surface area contributed by atoms with Crippen molar-refractivity contribution in [3.8, 4) is 0 Å². The normalized spacial score (nSPS) is 14.9. The number of hydrogen-bond acceptors (Lipinski definition) is 2. The summed E-state index contributed by atoms with van der Waals surface area (Å²) in [5, 5.41) is 10.4. The molecule has 0 aliphatic heterocycles. The average Bonchev–Trinajstić information content (AvgIpc) is 3.03. The number of aromatic amines is 1. The Bertz CT molecular complexity index is 455. The van der Waals surface area contributed by atoms with E-state index in [1.807, 2.05) is 7.05 Å². The van der Waals surface area contributed by atoms with Crippen LogP contribution in [0, 0.1) is 5.92 Å². The molecule has 20 heavy (non-hydrogen) atoms. The number of amides is 2. The predicted molar refractivity (Wildman–Crippen MR) is 79.6 cm³/mol. The van der Waals surface area contributed by atoms with Crippen LogP contribution in [0.15, 0.2) is 0 Å². The fourth-order valence-corrected chi connectivity index (χ4v) is 2.58. The second-order valence-corrected chi connectivity index (χ2v) is 5.87. The number of aromatic nitrogens is 2. The molecule has 0 spiro atoms. The molecule has 1 aliphatic carbocycles. The van der Waals surface area contributed by atoms with Crippen LogP contribution in [0.5, 0.6) is 0 Å². The zero-order valence-electron chi connectivity index (χ0n) is 12.8. The van der Waals surface area contributed by atoms with E-state index < -0.39 is 0 Å². The Labute approximate surface area is 121 Å². The maximum Gasteiger partial charge on any atom is 0.317 e. The van der Waals surface area contributed by atoms with Crippen LogP contribution >= 0.6 is 0 Å². The number of aryl methyl sites for hydroxylation is 1. The van der Waals surface area contributed by atoms with Gasteiger partial charge in [-0.15, -0.1) is 0 Å². The molecule has 1 heterocycles. The van der Waals surface area contributed by atoms with Gasteiger partial charge in [0, 0.05) is 19.3 Å². The van der Waals surface area contributed by atoms with Gasteiger partial charge < -0.3 is 10.2 Å². The Hall–Kier alpha value is -1.52. The first kappa shape index (κ1) is 14.9. The SMILES string of the molecule is CC[C@H](C)CCNC(=O)N(C)Cc1n[nH]c2c1CCC2. The van der Waals surface area contributed by atoms with Crippen LogP contribution < -0.4 is 5.32 Å². The van der Waals surface area contributed by atoms with Crippen molar-refractivity contribution < 1.29 is 4.79 Å². The van der Waals surface area contributed by atoms with E-state index in [0.29, 0.717) is 12.5 Å². The van der Waals surface area contributed by atoms with Crippen molar-refractivity contribution in [2.24, 2.45) is 5.92 Å². The van der Waals surface area contributed by atoms with Gasteiger partial charge in [0.1, 0.15) is 0 Å². The van der Waals surface area contributed by atoms with Crippen LogP contribution in [0.3, 0.4) is 0 Å². The molecule has 0 unspecified atom stereocenters. The van der Waals surface area contributed by atoms with E-state index in [1.165, 1.54) is 17.7 Å². The largest absolute Gasteiger partial charge is 0.338 e. The van der Waals surface area contributed by atoms with E-state index in [-0.39, 0.29) is 6.03 Å². The molecule has 0 radical (unpaired) electrons. The molecule has 0 saturated carbocycles. The van der Waals surface area contributed by atoms with Gasteiger partial charge in [0.25, 0.3) is 0 Å². The summed E-state index contributed by atoms with van der Waals surface area (Å²) in [6.07, 6.45) is 5.57. The Kier molecular flexibility index (Phi) is 5.04. The maximum atomic E-state index is 12.0. The fraction of sp³-hybridized carbons (Fsp3) is 0.733. The van der Waals surface area contributed by atoms with E-state index >= 15 is 0 Å². The van der Waals surface area contributed by atoms with E-state index in [2.05, 4.69) is 29.4 Å². The number of nitrogens with zero attached hydrogens (tertiary/aromatic N) is 2. The minimum Gasteiger partial charge on any atom is -0.338 e. The minimum atomic E-state index is -0.0111. The molecule has 0 aromatic carbocycles. The highest BCUT2D eigenvalue weighted by atomic mass is 16.2. The van der Waals surface area contributed by atoms with Crippen LogP contribution in [0.2, 0.25) is 0 Å². The second-order valence-electron chi connectivity index (χ2n) is 5.87. The summed E-state index contributed by atoms with van der Waals surface area (Å²) in [4.78, 5) is 13.7. The lowest BCUT2D eigenvalue weighted by Crippen LogP contribution is -2.37. The van der Waals surface area contributed by atoms with E-state index in [0.717, 1.165) is 37.9 Å².